The minimum absolute atomic E-state index is 0.134. The summed E-state index contributed by atoms with van der Waals surface area (Å²) in [5.41, 5.74) is 1.43. The van der Waals surface area contributed by atoms with Crippen molar-refractivity contribution in [2.75, 3.05) is 13.1 Å². The van der Waals surface area contributed by atoms with Crippen LogP contribution in [0.1, 0.15) is 18.5 Å². The first-order chi connectivity index (χ1) is 10.1. The van der Waals surface area contributed by atoms with Crippen molar-refractivity contribution in [3.8, 4) is 11.5 Å². The van der Waals surface area contributed by atoms with E-state index in [0.717, 1.165) is 18.4 Å². The van der Waals surface area contributed by atoms with E-state index in [1.807, 2.05) is 30.3 Å². The third-order valence-electron chi connectivity index (χ3n) is 3.41. The predicted molar refractivity (Wildman–Crippen MR) is 78.5 cm³/mol. The van der Waals surface area contributed by atoms with Crippen LogP contribution in [0.5, 0.6) is 0 Å². The fraction of sp³-hybridized carbons (Fsp3) is 0.357. The molecule has 1 aliphatic rings. The van der Waals surface area contributed by atoms with Gasteiger partial charge < -0.3 is 4.42 Å². The fourth-order valence-electron chi connectivity index (χ4n) is 2.29. The highest BCUT2D eigenvalue weighted by atomic mass is 32.2. The number of rotatable bonds is 5. The third-order valence-corrected chi connectivity index (χ3v) is 4.97. The lowest BCUT2D eigenvalue weighted by atomic mass is 10.2. The quantitative estimate of drug-likeness (QED) is 0.913. The Morgan fingerprint density at radius 2 is 1.90 bits per heavy atom. The Hall–Kier alpha value is -1.70. The minimum Gasteiger partial charge on any atom is -0.444 e. The van der Waals surface area contributed by atoms with Crippen LogP contribution in [-0.4, -0.2) is 30.8 Å². The highest BCUT2D eigenvalue weighted by Gasteiger charge is 2.24. The van der Waals surface area contributed by atoms with Crippen LogP contribution in [0.15, 0.2) is 41.0 Å². The van der Waals surface area contributed by atoms with Gasteiger partial charge in [-0.25, -0.2) is 4.98 Å². The zero-order valence-electron chi connectivity index (χ0n) is 11.5. The van der Waals surface area contributed by atoms with Gasteiger partial charge in [0.15, 0.2) is 0 Å². The van der Waals surface area contributed by atoms with E-state index in [1.54, 1.807) is 0 Å². The Bertz CT molecular complexity index is 691. The van der Waals surface area contributed by atoms with Crippen LogP contribution in [0.3, 0.4) is 0 Å². The maximum absolute atomic E-state index is 12.0. The molecule has 0 radical (unpaired) electrons. The van der Waals surface area contributed by atoms with Gasteiger partial charge in [-0.2, -0.15) is 17.4 Å². The first-order valence-electron chi connectivity index (χ1n) is 6.90. The smallest absolute Gasteiger partial charge is 0.279 e. The molecule has 0 bridgehead atoms. The number of hydrogen-bond acceptors (Lipinski definition) is 4. The molecule has 0 spiro atoms. The van der Waals surface area contributed by atoms with Crippen molar-refractivity contribution in [2.45, 2.75) is 19.4 Å². The molecule has 0 saturated carbocycles. The maximum atomic E-state index is 12.0. The number of aromatic nitrogens is 1. The second-order valence-electron chi connectivity index (χ2n) is 4.94. The summed E-state index contributed by atoms with van der Waals surface area (Å²) in [6.07, 6.45) is 3.32. The van der Waals surface area contributed by atoms with Crippen LogP contribution < -0.4 is 4.72 Å². The van der Waals surface area contributed by atoms with Crippen molar-refractivity contribution >= 4 is 10.2 Å². The summed E-state index contributed by atoms with van der Waals surface area (Å²) in [6.45, 7) is 1.31. The summed E-state index contributed by atoms with van der Waals surface area (Å²) >= 11 is 0. The topological polar surface area (TPSA) is 75.4 Å². The molecule has 0 atom stereocenters. The van der Waals surface area contributed by atoms with E-state index in [9.17, 15) is 8.42 Å². The molecule has 2 heterocycles. The Labute approximate surface area is 124 Å². The van der Waals surface area contributed by atoms with Crippen molar-refractivity contribution in [3.05, 3.63) is 42.3 Å². The summed E-state index contributed by atoms with van der Waals surface area (Å²) in [7, 11) is -3.41. The maximum Gasteiger partial charge on any atom is 0.279 e. The predicted octanol–water partition coefficient (Wildman–Crippen LogP) is 1.77. The number of benzene rings is 1. The van der Waals surface area contributed by atoms with Gasteiger partial charge in [0, 0.05) is 18.7 Å². The Kier molecular flexibility index (Phi) is 4.05. The number of oxazole rings is 1. The van der Waals surface area contributed by atoms with E-state index in [-0.39, 0.29) is 6.54 Å². The summed E-state index contributed by atoms with van der Waals surface area (Å²) in [6, 6.07) is 9.50. The summed E-state index contributed by atoms with van der Waals surface area (Å²) in [5.74, 6) is 0.492. The van der Waals surface area contributed by atoms with Crippen LogP contribution >= 0.6 is 0 Å². The SMILES string of the molecule is O=S(=O)(NCc1coc(-c2ccccc2)n1)N1CCCC1. The molecule has 112 valence electrons. The second-order valence-corrected chi connectivity index (χ2v) is 6.70. The molecule has 1 fully saturated rings. The van der Waals surface area contributed by atoms with E-state index < -0.39 is 10.2 Å². The van der Waals surface area contributed by atoms with Crippen molar-refractivity contribution < 1.29 is 12.8 Å². The Morgan fingerprint density at radius 1 is 1.19 bits per heavy atom. The summed E-state index contributed by atoms with van der Waals surface area (Å²) < 4.78 is 33.5. The van der Waals surface area contributed by atoms with Crippen LogP contribution in [-0.2, 0) is 16.8 Å². The third kappa shape index (κ3) is 3.31. The number of nitrogens with zero attached hydrogens (tertiary/aromatic N) is 2. The lowest BCUT2D eigenvalue weighted by molar-refractivity contribution is 0.464. The standard InChI is InChI=1S/C14H17N3O3S/c18-21(19,17-8-4-5-9-17)15-10-13-11-20-14(16-13)12-6-2-1-3-7-12/h1-3,6-7,11,15H,4-5,8-10H2. The first-order valence-corrected chi connectivity index (χ1v) is 8.34. The van der Waals surface area contributed by atoms with Gasteiger partial charge in [0.25, 0.3) is 10.2 Å². The molecule has 1 aromatic heterocycles. The largest absolute Gasteiger partial charge is 0.444 e. The monoisotopic (exact) mass is 307 g/mol. The summed E-state index contributed by atoms with van der Waals surface area (Å²) in [4.78, 5) is 4.30. The van der Waals surface area contributed by atoms with E-state index in [4.69, 9.17) is 4.42 Å². The van der Waals surface area contributed by atoms with E-state index in [0.29, 0.717) is 24.7 Å². The average Bonchev–Trinajstić information content (AvgIpc) is 3.18. The highest BCUT2D eigenvalue weighted by Crippen LogP contribution is 2.18. The molecule has 0 amide bonds. The fourth-order valence-corrected chi connectivity index (χ4v) is 3.54. The van der Waals surface area contributed by atoms with Gasteiger partial charge >= 0.3 is 0 Å². The molecule has 1 aliphatic heterocycles. The molecule has 3 rings (SSSR count). The highest BCUT2D eigenvalue weighted by molar-refractivity contribution is 7.87. The van der Waals surface area contributed by atoms with Crippen LogP contribution in [0.4, 0.5) is 0 Å². The van der Waals surface area contributed by atoms with Gasteiger partial charge in [0.05, 0.1) is 12.2 Å². The second kappa shape index (κ2) is 5.97. The zero-order chi connectivity index (χ0) is 14.7. The van der Waals surface area contributed by atoms with Crippen molar-refractivity contribution in [1.29, 1.82) is 0 Å². The van der Waals surface area contributed by atoms with Gasteiger partial charge in [0.2, 0.25) is 5.89 Å². The van der Waals surface area contributed by atoms with Gasteiger partial charge in [-0.1, -0.05) is 18.2 Å². The first kappa shape index (κ1) is 14.2. The summed E-state index contributed by atoms with van der Waals surface area (Å²) in [5, 5.41) is 0. The normalized spacial score (nSPS) is 16.4. The molecule has 0 unspecified atom stereocenters. The van der Waals surface area contributed by atoms with E-state index >= 15 is 0 Å². The van der Waals surface area contributed by atoms with Gasteiger partial charge in [0.1, 0.15) is 6.26 Å². The lowest BCUT2D eigenvalue weighted by Gasteiger charge is -2.15. The number of nitrogens with one attached hydrogen (secondary N) is 1. The number of hydrogen-bond donors (Lipinski definition) is 1. The molecule has 1 aromatic carbocycles. The lowest BCUT2D eigenvalue weighted by Crippen LogP contribution is -2.38. The minimum atomic E-state index is -3.41. The molecular weight excluding hydrogens is 290 g/mol. The molecule has 1 saturated heterocycles. The molecule has 2 aromatic rings. The molecular formula is C14H17N3O3S. The van der Waals surface area contributed by atoms with Crippen LogP contribution in [0.2, 0.25) is 0 Å². The molecule has 1 N–H and O–H groups in total. The van der Waals surface area contributed by atoms with Crippen molar-refractivity contribution in [1.82, 2.24) is 14.0 Å². The Balaban J connectivity index is 1.65. The van der Waals surface area contributed by atoms with E-state index in [1.165, 1.54) is 10.6 Å². The molecule has 6 nitrogen and oxygen atoms in total. The molecule has 7 heteroatoms. The van der Waals surface area contributed by atoms with Gasteiger partial charge in [-0.15, -0.1) is 0 Å². The van der Waals surface area contributed by atoms with Crippen molar-refractivity contribution in [2.24, 2.45) is 0 Å². The Morgan fingerprint density at radius 3 is 2.62 bits per heavy atom. The van der Waals surface area contributed by atoms with Gasteiger partial charge in [-0.3, -0.25) is 0 Å². The molecule has 0 aliphatic carbocycles. The van der Waals surface area contributed by atoms with Crippen molar-refractivity contribution in [3.63, 3.8) is 0 Å². The van der Waals surface area contributed by atoms with E-state index in [2.05, 4.69) is 9.71 Å². The van der Waals surface area contributed by atoms with Crippen LogP contribution in [0.25, 0.3) is 11.5 Å². The van der Waals surface area contributed by atoms with Gasteiger partial charge in [-0.05, 0) is 25.0 Å². The molecule has 21 heavy (non-hydrogen) atoms. The average molecular weight is 307 g/mol. The zero-order valence-corrected chi connectivity index (χ0v) is 12.3. The van der Waals surface area contributed by atoms with Crippen LogP contribution in [0, 0.1) is 0 Å².